The van der Waals surface area contributed by atoms with Crippen LogP contribution in [0.15, 0.2) is 24.3 Å². The van der Waals surface area contributed by atoms with Crippen molar-refractivity contribution in [3.8, 4) is 0 Å². The van der Waals surface area contributed by atoms with Crippen LogP contribution in [0.25, 0.3) is 0 Å². The predicted molar refractivity (Wildman–Crippen MR) is 95.1 cm³/mol. The summed E-state index contributed by atoms with van der Waals surface area (Å²) < 4.78 is 0. The Bertz CT molecular complexity index is 479. The summed E-state index contributed by atoms with van der Waals surface area (Å²) in [5.41, 5.74) is 1.96. The fourth-order valence-corrected chi connectivity index (χ4v) is 3.07. The van der Waals surface area contributed by atoms with Gasteiger partial charge in [0.05, 0.1) is 18.0 Å². The highest BCUT2D eigenvalue weighted by molar-refractivity contribution is 5.93. The van der Waals surface area contributed by atoms with Crippen molar-refractivity contribution < 1.29 is 9.90 Å². The lowest BCUT2D eigenvalue weighted by Crippen LogP contribution is -2.38. The summed E-state index contributed by atoms with van der Waals surface area (Å²) in [6.07, 6.45) is 5.85. The number of hydrogen-bond donors (Lipinski definition) is 2. The standard InChI is InChI=1S/C18H29N3O2/c1-2-11-21(14-15-22)18(23)19-16-9-5-6-10-17(16)20-12-7-3-4-8-13-20/h5-6,9-10,22H,2-4,7-8,11-15H2,1H3,(H,19,23). The van der Waals surface area contributed by atoms with Gasteiger partial charge in [0.15, 0.2) is 0 Å². The van der Waals surface area contributed by atoms with Crippen LogP contribution in [0.4, 0.5) is 16.2 Å². The molecule has 1 aromatic rings. The molecule has 1 aromatic carbocycles. The van der Waals surface area contributed by atoms with Gasteiger partial charge in [-0.2, -0.15) is 0 Å². The lowest BCUT2D eigenvalue weighted by molar-refractivity contribution is 0.188. The van der Waals surface area contributed by atoms with Crippen molar-refractivity contribution in [1.82, 2.24) is 4.90 Å². The van der Waals surface area contributed by atoms with Gasteiger partial charge in [-0.05, 0) is 31.4 Å². The minimum absolute atomic E-state index is 0.0127. The first-order valence-electron chi connectivity index (χ1n) is 8.77. The molecule has 0 saturated carbocycles. The van der Waals surface area contributed by atoms with Crippen molar-refractivity contribution in [3.05, 3.63) is 24.3 Å². The number of rotatable bonds is 6. The Morgan fingerprint density at radius 1 is 1.17 bits per heavy atom. The molecule has 0 aromatic heterocycles. The average molecular weight is 319 g/mol. The van der Waals surface area contributed by atoms with E-state index in [1.54, 1.807) is 4.90 Å². The Morgan fingerprint density at radius 3 is 2.52 bits per heavy atom. The van der Waals surface area contributed by atoms with Crippen molar-refractivity contribution in [1.29, 1.82) is 0 Å². The number of anilines is 2. The zero-order chi connectivity index (χ0) is 16.5. The minimum atomic E-state index is -0.136. The van der Waals surface area contributed by atoms with Gasteiger partial charge in [-0.15, -0.1) is 0 Å². The van der Waals surface area contributed by atoms with Crippen molar-refractivity contribution in [2.75, 3.05) is 43.0 Å². The van der Waals surface area contributed by atoms with Crippen LogP contribution in [-0.4, -0.2) is 48.8 Å². The Balaban J connectivity index is 2.11. The van der Waals surface area contributed by atoms with Crippen LogP contribution in [0.2, 0.25) is 0 Å². The number of para-hydroxylation sites is 2. The molecule has 1 saturated heterocycles. The molecule has 0 spiro atoms. The van der Waals surface area contributed by atoms with E-state index in [0.29, 0.717) is 13.1 Å². The molecule has 23 heavy (non-hydrogen) atoms. The quantitative estimate of drug-likeness (QED) is 0.846. The van der Waals surface area contributed by atoms with E-state index in [9.17, 15) is 4.79 Å². The van der Waals surface area contributed by atoms with Crippen LogP contribution in [0, 0.1) is 0 Å². The molecule has 0 atom stereocenters. The molecule has 5 nitrogen and oxygen atoms in total. The molecule has 0 unspecified atom stereocenters. The lowest BCUT2D eigenvalue weighted by Gasteiger charge is -2.27. The van der Waals surface area contributed by atoms with Gasteiger partial charge >= 0.3 is 6.03 Å². The fraction of sp³-hybridized carbons (Fsp3) is 0.611. The Hall–Kier alpha value is -1.75. The molecule has 5 heteroatoms. The predicted octanol–water partition coefficient (Wildman–Crippen LogP) is 3.30. The highest BCUT2D eigenvalue weighted by Gasteiger charge is 2.17. The Labute approximate surface area is 139 Å². The summed E-state index contributed by atoms with van der Waals surface area (Å²) in [7, 11) is 0. The summed E-state index contributed by atoms with van der Waals surface area (Å²) in [6.45, 7) is 5.12. The third kappa shape index (κ3) is 5.13. The summed E-state index contributed by atoms with van der Waals surface area (Å²) in [5.74, 6) is 0. The van der Waals surface area contributed by atoms with Crippen LogP contribution in [-0.2, 0) is 0 Å². The van der Waals surface area contributed by atoms with E-state index in [0.717, 1.165) is 30.9 Å². The maximum atomic E-state index is 12.5. The van der Waals surface area contributed by atoms with Gasteiger partial charge in [-0.25, -0.2) is 4.79 Å². The smallest absolute Gasteiger partial charge is 0.321 e. The van der Waals surface area contributed by atoms with Gasteiger partial charge in [0.1, 0.15) is 0 Å². The summed E-state index contributed by atoms with van der Waals surface area (Å²) in [6, 6.07) is 7.88. The maximum absolute atomic E-state index is 12.5. The number of nitrogens with one attached hydrogen (secondary N) is 1. The molecule has 1 heterocycles. The molecular weight excluding hydrogens is 290 g/mol. The molecule has 0 aliphatic carbocycles. The second kappa shape index (κ2) is 9.40. The van der Waals surface area contributed by atoms with Gasteiger partial charge in [-0.3, -0.25) is 0 Å². The van der Waals surface area contributed by atoms with Gasteiger partial charge in [0, 0.05) is 26.2 Å². The van der Waals surface area contributed by atoms with Gasteiger partial charge in [0.25, 0.3) is 0 Å². The number of aliphatic hydroxyl groups is 1. The summed E-state index contributed by atoms with van der Waals surface area (Å²) >= 11 is 0. The van der Waals surface area contributed by atoms with E-state index in [4.69, 9.17) is 5.11 Å². The molecule has 1 aliphatic heterocycles. The third-order valence-corrected chi connectivity index (χ3v) is 4.24. The number of carbonyl (C=O) groups is 1. The summed E-state index contributed by atoms with van der Waals surface area (Å²) in [4.78, 5) is 16.5. The normalized spacial score (nSPS) is 15.1. The zero-order valence-corrected chi connectivity index (χ0v) is 14.1. The van der Waals surface area contributed by atoms with Gasteiger partial charge in [-0.1, -0.05) is 31.9 Å². The van der Waals surface area contributed by atoms with Crippen LogP contribution < -0.4 is 10.2 Å². The summed E-state index contributed by atoms with van der Waals surface area (Å²) in [5, 5.41) is 12.2. The molecule has 0 bridgehead atoms. The number of aliphatic hydroxyl groups excluding tert-OH is 1. The van der Waals surface area contributed by atoms with Crippen LogP contribution >= 0.6 is 0 Å². The van der Waals surface area contributed by atoms with E-state index >= 15 is 0 Å². The van der Waals surface area contributed by atoms with Crippen LogP contribution in [0.5, 0.6) is 0 Å². The molecule has 1 fully saturated rings. The first-order valence-corrected chi connectivity index (χ1v) is 8.77. The molecule has 128 valence electrons. The average Bonchev–Trinajstić information content (AvgIpc) is 2.84. The second-order valence-electron chi connectivity index (χ2n) is 6.06. The highest BCUT2D eigenvalue weighted by atomic mass is 16.3. The molecule has 0 radical (unpaired) electrons. The number of hydrogen-bond acceptors (Lipinski definition) is 3. The number of amides is 2. The van der Waals surface area contributed by atoms with Crippen LogP contribution in [0.1, 0.15) is 39.0 Å². The number of carbonyl (C=O) groups excluding carboxylic acids is 1. The van der Waals surface area contributed by atoms with E-state index in [-0.39, 0.29) is 12.6 Å². The number of urea groups is 1. The lowest BCUT2D eigenvalue weighted by atomic mass is 10.2. The first-order chi connectivity index (χ1) is 11.3. The number of nitrogens with zero attached hydrogens (tertiary/aromatic N) is 2. The molecule has 2 N–H and O–H groups in total. The van der Waals surface area contributed by atoms with Gasteiger partial charge in [0.2, 0.25) is 0 Å². The fourth-order valence-electron chi connectivity index (χ4n) is 3.07. The van der Waals surface area contributed by atoms with Crippen LogP contribution in [0.3, 0.4) is 0 Å². The molecular formula is C18H29N3O2. The minimum Gasteiger partial charge on any atom is -0.395 e. The first kappa shape index (κ1) is 17.6. The zero-order valence-electron chi connectivity index (χ0n) is 14.1. The third-order valence-electron chi connectivity index (χ3n) is 4.24. The van der Waals surface area contributed by atoms with Crippen molar-refractivity contribution in [3.63, 3.8) is 0 Å². The maximum Gasteiger partial charge on any atom is 0.321 e. The van der Waals surface area contributed by atoms with Crippen molar-refractivity contribution in [2.45, 2.75) is 39.0 Å². The van der Waals surface area contributed by atoms with E-state index in [1.807, 2.05) is 25.1 Å². The molecule has 2 amide bonds. The number of benzene rings is 1. The SMILES string of the molecule is CCCN(CCO)C(=O)Nc1ccccc1N1CCCCCC1. The van der Waals surface area contributed by atoms with E-state index < -0.39 is 0 Å². The topological polar surface area (TPSA) is 55.8 Å². The molecule has 1 aliphatic rings. The Morgan fingerprint density at radius 2 is 1.87 bits per heavy atom. The largest absolute Gasteiger partial charge is 0.395 e. The Kier molecular flexibility index (Phi) is 7.20. The monoisotopic (exact) mass is 319 g/mol. The second-order valence-corrected chi connectivity index (χ2v) is 6.06. The van der Waals surface area contributed by atoms with Crippen molar-refractivity contribution >= 4 is 17.4 Å². The van der Waals surface area contributed by atoms with Gasteiger partial charge < -0.3 is 20.2 Å². The van der Waals surface area contributed by atoms with Crippen molar-refractivity contribution in [2.24, 2.45) is 0 Å². The van der Waals surface area contributed by atoms with E-state index in [2.05, 4.69) is 16.3 Å². The molecule has 2 rings (SSSR count). The highest BCUT2D eigenvalue weighted by Crippen LogP contribution is 2.28. The van der Waals surface area contributed by atoms with E-state index in [1.165, 1.54) is 25.7 Å².